The Morgan fingerprint density at radius 1 is 1.62 bits per heavy atom. The summed E-state index contributed by atoms with van der Waals surface area (Å²) >= 11 is 0. The molecule has 1 aromatic rings. The fourth-order valence-corrected chi connectivity index (χ4v) is 2.34. The maximum atomic E-state index is 11.1. The van der Waals surface area contributed by atoms with Gasteiger partial charge in [0, 0.05) is 32.3 Å². The molecule has 1 aromatic heterocycles. The minimum atomic E-state index is 0.274. The molecule has 0 aromatic carbocycles. The summed E-state index contributed by atoms with van der Waals surface area (Å²) in [5.74, 6) is 0.274. The lowest BCUT2D eigenvalue weighted by Crippen LogP contribution is -2.30. The van der Waals surface area contributed by atoms with E-state index in [0.29, 0.717) is 12.5 Å². The predicted octanol–water partition coefficient (Wildman–Crippen LogP) is 0.759. The summed E-state index contributed by atoms with van der Waals surface area (Å²) in [6.07, 6.45) is 4.90. The van der Waals surface area contributed by atoms with Gasteiger partial charge in [0.25, 0.3) is 0 Å². The largest absolute Gasteiger partial charge is 0.300 e. The van der Waals surface area contributed by atoms with Gasteiger partial charge in [-0.3, -0.25) is 14.4 Å². The number of carbonyl (C=O) groups is 1. The molecular formula is C11H18N4O. The Bertz CT molecular complexity index is 374. The second-order valence-corrected chi connectivity index (χ2v) is 4.56. The fourth-order valence-electron chi connectivity index (χ4n) is 2.34. The third-order valence-corrected chi connectivity index (χ3v) is 3.04. The summed E-state index contributed by atoms with van der Waals surface area (Å²) in [4.78, 5) is 13.5. The predicted molar refractivity (Wildman–Crippen MR) is 59.7 cm³/mol. The van der Waals surface area contributed by atoms with Crippen molar-refractivity contribution in [3.05, 3.63) is 11.9 Å². The Kier molecular flexibility index (Phi) is 3.33. The number of nitrogens with zero attached hydrogens (tertiary/aromatic N) is 4. The van der Waals surface area contributed by atoms with Gasteiger partial charge in [0.2, 0.25) is 0 Å². The van der Waals surface area contributed by atoms with Crippen LogP contribution in [0.5, 0.6) is 0 Å². The van der Waals surface area contributed by atoms with E-state index >= 15 is 0 Å². The monoisotopic (exact) mass is 222 g/mol. The van der Waals surface area contributed by atoms with Gasteiger partial charge in [0.05, 0.1) is 5.69 Å². The van der Waals surface area contributed by atoms with Crippen molar-refractivity contribution < 1.29 is 4.79 Å². The summed E-state index contributed by atoms with van der Waals surface area (Å²) in [5.41, 5.74) is 0.984. The Hall–Kier alpha value is -1.23. The van der Waals surface area contributed by atoms with Crippen molar-refractivity contribution in [2.24, 2.45) is 7.05 Å². The molecule has 1 aliphatic rings. The Balaban J connectivity index is 1.95. The SMILES string of the molecule is CC(=O)CC1CCCN1Cc1cn(C)nn1. The first-order valence-corrected chi connectivity index (χ1v) is 5.74. The van der Waals surface area contributed by atoms with Crippen molar-refractivity contribution in [2.75, 3.05) is 6.54 Å². The molecule has 0 bridgehead atoms. The van der Waals surface area contributed by atoms with E-state index in [2.05, 4.69) is 15.2 Å². The topological polar surface area (TPSA) is 51.0 Å². The third kappa shape index (κ3) is 2.66. The smallest absolute Gasteiger partial charge is 0.131 e. The molecule has 0 aliphatic carbocycles. The Morgan fingerprint density at radius 3 is 3.06 bits per heavy atom. The minimum Gasteiger partial charge on any atom is -0.300 e. The minimum absolute atomic E-state index is 0.274. The zero-order chi connectivity index (χ0) is 11.5. The van der Waals surface area contributed by atoms with Gasteiger partial charge in [-0.25, -0.2) is 0 Å². The van der Waals surface area contributed by atoms with Crippen molar-refractivity contribution >= 4 is 5.78 Å². The standard InChI is InChI=1S/C11H18N4O/c1-9(16)6-11-4-3-5-15(11)8-10-7-14(2)13-12-10/h7,11H,3-6,8H2,1-2H3. The molecule has 5 heteroatoms. The van der Waals surface area contributed by atoms with Gasteiger partial charge >= 0.3 is 0 Å². The second-order valence-electron chi connectivity index (χ2n) is 4.56. The summed E-state index contributed by atoms with van der Waals surface area (Å²) in [7, 11) is 1.87. The number of hydrogen-bond donors (Lipinski definition) is 0. The van der Waals surface area contributed by atoms with E-state index < -0.39 is 0 Å². The maximum absolute atomic E-state index is 11.1. The van der Waals surface area contributed by atoms with Crippen LogP contribution < -0.4 is 0 Å². The number of carbonyl (C=O) groups excluding carboxylic acids is 1. The number of hydrogen-bond acceptors (Lipinski definition) is 4. The first-order valence-electron chi connectivity index (χ1n) is 5.74. The molecule has 0 spiro atoms. The van der Waals surface area contributed by atoms with Crippen molar-refractivity contribution in [1.29, 1.82) is 0 Å². The molecule has 88 valence electrons. The second kappa shape index (κ2) is 4.74. The first kappa shape index (κ1) is 11.3. The van der Waals surface area contributed by atoms with Crippen LogP contribution in [0.1, 0.15) is 31.9 Å². The highest BCUT2D eigenvalue weighted by Crippen LogP contribution is 2.21. The van der Waals surface area contributed by atoms with Crippen LogP contribution in [0.15, 0.2) is 6.20 Å². The summed E-state index contributed by atoms with van der Waals surface area (Å²) in [5, 5.41) is 8.00. The number of Topliss-reactive ketones (excluding diaryl/α,β-unsaturated/α-hetero) is 1. The molecular weight excluding hydrogens is 204 g/mol. The van der Waals surface area contributed by atoms with Crippen LogP contribution in [0.4, 0.5) is 0 Å². The zero-order valence-electron chi connectivity index (χ0n) is 9.89. The lowest BCUT2D eigenvalue weighted by Gasteiger charge is -2.22. The number of likely N-dealkylation sites (tertiary alicyclic amines) is 1. The van der Waals surface area contributed by atoms with Gasteiger partial charge in [0.1, 0.15) is 5.78 Å². The summed E-state index contributed by atoms with van der Waals surface area (Å²) in [6.45, 7) is 3.54. The molecule has 1 atom stereocenters. The highest BCUT2D eigenvalue weighted by Gasteiger charge is 2.25. The van der Waals surface area contributed by atoms with Crippen LogP contribution in [-0.2, 0) is 18.4 Å². The van der Waals surface area contributed by atoms with Crippen LogP contribution in [0, 0.1) is 0 Å². The van der Waals surface area contributed by atoms with E-state index in [0.717, 1.165) is 25.2 Å². The van der Waals surface area contributed by atoms with Crippen molar-refractivity contribution in [1.82, 2.24) is 19.9 Å². The molecule has 1 unspecified atom stereocenters. The van der Waals surface area contributed by atoms with E-state index in [1.165, 1.54) is 6.42 Å². The zero-order valence-corrected chi connectivity index (χ0v) is 9.89. The average Bonchev–Trinajstić information content (AvgIpc) is 2.77. The molecule has 0 amide bonds. The molecule has 2 rings (SSSR count). The van der Waals surface area contributed by atoms with E-state index in [1.54, 1.807) is 11.6 Å². The Labute approximate surface area is 95.4 Å². The molecule has 5 nitrogen and oxygen atoms in total. The quantitative estimate of drug-likeness (QED) is 0.754. The van der Waals surface area contributed by atoms with Gasteiger partial charge in [-0.1, -0.05) is 5.21 Å². The molecule has 1 aliphatic heterocycles. The lowest BCUT2D eigenvalue weighted by atomic mass is 10.1. The molecule has 1 saturated heterocycles. The van der Waals surface area contributed by atoms with E-state index in [-0.39, 0.29) is 5.78 Å². The van der Waals surface area contributed by atoms with Crippen LogP contribution in [0.2, 0.25) is 0 Å². The van der Waals surface area contributed by atoms with E-state index in [9.17, 15) is 4.79 Å². The van der Waals surface area contributed by atoms with Gasteiger partial charge in [-0.2, -0.15) is 0 Å². The molecule has 0 radical (unpaired) electrons. The first-order chi connectivity index (χ1) is 7.65. The highest BCUT2D eigenvalue weighted by molar-refractivity contribution is 5.76. The van der Waals surface area contributed by atoms with Crippen LogP contribution in [-0.4, -0.2) is 38.3 Å². The lowest BCUT2D eigenvalue weighted by molar-refractivity contribution is -0.118. The molecule has 1 fully saturated rings. The van der Waals surface area contributed by atoms with Gasteiger partial charge in [-0.15, -0.1) is 5.10 Å². The summed E-state index contributed by atoms with van der Waals surface area (Å²) in [6, 6.07) is 0.402. The van der Waals surface area contributed by atoms with Gasteiger partial charge in [-0.05, 0) is 26.3 Å². The Morgan fingerprint density at radius 2 is 2.44 bits per heavy atom. The molecule has 16 heavy (non-hydrogen) atoms. The van der Waals surface area contributed by atoms with Crippen LogP contribution in [0.25, 0.3) is 0 Å². The van der Waals surface area contributed by atoms with Gasteiger partial charge in [0.15, 0.2) is 0 Å². The van der Waals surface area contributed by atoms with Crippen LogP contribution >= 0.6 is 0 Å². The van der Waals surface area contributed by atoms with E-state index in [4.69, 9.17) is 0 Å². The highest BCUT2D eigenvalue weighted by atomic mass is 16.1. The third-order valence-electron chi connectivity index (χ3n) is 3.04. The molecule has 2 heterocycles. The van der Waals surface area contributed by atoms with Crippen LogP contribution in [0.3, 0.4) is 0 Å². The van der Waals surface area contributed by atoms with Crippen molar-refractivity contribution in [2.45, 2.75) is 38.8 Å². The number of ketones is 1. The number of aromatic nitrogens is 3. The number of rotatable bonds is 4. The molecule has 0 N–H and O–H groups in total. The van der Waals surface area contributed by atoms with Crippen molar-refractivity contribution in [3.8, 4) is 0 Å². The number of aryl methyl sites for hydroxylation is 1. The maximum Gasteiger partial charge on any atom is 0.131 e. The normalized spacial score (nSPS) is 21.5. The summed E-state index contributed by atoms with van der Waals surface area (Å²) < 4.78 is 1.71. The molecule has 0 saturated carbocycles. The fraction of sp³-hybridized carbons (Fsp3) is 0.727. The van der Waals surface area contributed by atoms with Gasteiger partial charge < -0.3 is 0 Å². The van der Waals surface area contributed by atoms with E-state index in [1.807, 2.05) is 13.2 Å². The van der Waals surface area contributed by atoms with Crippen molar-refractivity contribution in [3.63, 3.8) is 0 Å². The average molecular weight is 222 g/mol.